The number of fused-ring (bicyclic) bond motifs is 1. The molecule has 1 aromatic carbocycles. The lowest BCUT2D eigenvalue weighted by Gasteiger charge is -2.28. The number of hydrogen-bond acceptors (Lipinski definition) is 8. The molecule has 0 saturated carbocycles. The Kier molecular flexibility index (Phi) is 7.28. The van der Waals surface area contributed by atoms with Crippen molar-refractivity contribution >= 4 is 45.9 Å². The van der Waals surface area contributed by atoms with E-state index >= 15 is 4.39 Å². The Morgan fingerprint density at radius 1 is 1.40 bits per heavy atom. The lowest BCUT2D eigenvalue weighted by molar-refractivity contribution is 0.102. The molecule has 0 radical (unpaired) electrons. The van der Waals surface area contributed by atoms with E-state index in [1.54, 1.807) is 4.90 Å². The molecule has 35 heavy (non-hydrogen) atoms. The van der Waals surface area contributed by atoms with Crippen molar-refractivity contribution in [3.63, 3.8) is 0 Å². The number of carbonyl (C=O) groups excluding carboxylic acids is 1. The number of aliphatic hydroxyl groups excluding tert-OH is 1. The average molecular weight is 508 g/mol. The number of anilines is 2. The molecule has 3 aromatic rings. The standard InChI is InChI=1S/C21H23ClFN7O5/c1-35-5-4-30-17-13(8-25-30)18(29-9-11(26-21(33)34)6-12(29)10-31)16(7-14(17)23)27-19(32)15-2-3-24-20(22)28-15/h2-3,7-8,11-12,26,31H,4-6,9-10H2,1H3,(H,27,32)(H,33,34)/t11-,12-/m0/s1. The summed E-state index contributed by atoms with van der Waals surface area (Å²) in [7, 11) is 1.52. The topological polar surface area (TPSA) is 155 Å². The Balaban J connectivity index is 1.81. The summed E-state index contributed by atoms with van der Waals surface area (Å²) in [6.45, 7) is 0.479. The van der Waals surface area contributed by atoms with Crippen molar-refractivity contribution in [1.82, 2.24) is 25.1 Å². The van der Waals surface area contributed by atoms with Crippen LogP contribution in [-0.2, 0) is 11.3 Å². The minimum atomic E-state index is -1.20. The fourth-order valence-electron chi connectivity index (χ4n) is 4.26. The van der Waals surface area contributed by atoms with Crippen molar-refractivity contribution in [2.24, 2.45) is 0 Å². The number of aliphatic hydroxyl groups is 1. The van der Waals surface area contributed by atoms with Crippen LogP contribution in [0.4, 0.5) is 20.6 Å². The van der Waals surface area contributed by atoms with Crippen LogP contribution in [0.1, 0.15) is 16.9 Å². The molecule has 1 aliphatic heterocycles. The molecule has 2 amide bonds. The third-order valence-corrected chi connectivity index (χ3v) is 5.88. The number of methoxy groups -OCH3 is 1. The van der Waals surface area contributed by atoms with Gasteiger partial charge in [-0.1, -0.05) is 0 Å². The van der Waals surface area contributed by atoms with Crippen molar-refractivity contribution < 1.29 is 28.9 Å². The quantitative estimate of drug-likeness (QED) is 0.333. The predicted molar refractivity (Wildman–Crippen MR) is 124 cm³/mol. The Morgan fingerprint density at radius 3 is 2.89 bits per heavy atom. The zero-order valence-electron chi connectivity index (χ0n) is 18.6. The third kappa shape index (κ3) is 5.11. The number of ether oxygens (including phenoxy) is 1. The van der Waals surface area contributed by atoms with Crippen LogP contribution < -0.4 is 15.5 Å². The Labute approximate surface area is 203 Å². The van der Waals surface area contributed by atoms with Gasteiger partial charge in [-0.3, -0.25) is 9.48 Å². The fraction of sp³-hybridized carbons (Fsp3) is 0.381. The predicted octanol–water partition coefficient (Wildman–Crippen LogP) is 1.72. The minimum Gasteiger partial charge on any atom is -0.465 e. The molecule has 0 bridgehead atoms. The molecule has 186 valence electrons. The molecule has 0 unspecified atom stereocenters. The second-order valence-corrected chi connectivity index (χ2v) is 8.25. The lowest BCUT2D eigenvalue weighted by atomic mass is 10.1. The second kappa shape index (κ2) is 10.4. The molecule has 2 atom stereocenters. The molecule has 1 saturated heterocycles. The van der Waals surface area contributed by atoms with Gasteiger partial charge in [-0.05, 0) is 24.1 Å². The zero-order valence-corrected chi connectivity index (χ0v) is 19.4. The van der Waals surface area contributed by atoms with Crippen LogP contribution >= 0.6 is 11.6 Å². The highest BCUT2D eigenvalue weighted by Gasteiger charge is 2.36. The van der Waals surface area contributed by atoms with E-state index in [0.29, 0.717) is 24.1 Å². The average Bonchev–Trinajstić information content (AvgIpc) is 3.41. The maximum Gasteiger partial charge on any atom is 0.404 e. The smallest absolute Gasteiger partial charge is 0.404 e. The SMILES string of the molecule is COCCn1ncc2c(N3C[C@@H](NC(=O)O)C[C@H]3CO)c(NC(=O)c3ccnc(Cl)n3)cc(F)c21. The van der Waals surface area contributed by atoms with Gasteiger partial charge in [0, 0.05) is 31.3 Å². The number of halogens is 2. The molecule has 0 spiro atoms. The van der Waals surface area contributed by atoms with Gasteiger partial charge in [0.05, 0.1) is 49.4 Å². The second-order valence-electron chi connectivity index (χ2n) is 7.91. The van der Waals surface area contributed by atoms with E-state index in [-0.39, 0.29) is 41.9 Å². The summed E-state index contributed by atoms with van der Waals surface area (Å²) >= 11 is 5.80. The number of carboxylic acid groups (broad SMARTS) is 1. The van der Waals surface area contributed by atoms with Gasteiger partial charge < -0.3 is 30.5 Å². The summed E-state index contributed by atoms with van der Waals surface area (Å²) < 4.78 is 21.9. The van der Waals surface area contributed by atoms with Gasteiger partial charge in [0.25, 0.3) is 5.91 Å². The number of nitrogens with one attached hydrogen (secondary N) is 2. The summed E-state index contributed by atoms with van der Waals surface area (Å²) in [5.74, 6) is -1.28. The maximum atomic E-state index is 15.3. The molecular weight excluding hydrogens is 485 g/mol. The molecular formula is C21H23ClFN7O5. The monoisotopic (exact) mass is 507 g/mol. The van der Waals surface area contributed by atoms with Gasteiger partial charge in [0.1, 0.15) is 11.2 Å². The highest BCUT2D eigenvalue weighted by atomic mass is 35.5. The molecule has 1 fully saturated rings. The van der Waals surface area contributed by atoms with E-state index in [2.05, 4.69) is 25.7 Å². The number of hydrogen-bond donors (Lipinski definition) is 4. The fourth-order valence-corrected chi connectivity index (χ4v) is 4.41. The van der Waals surface area contributed by atoms with E-state index in [0.717, 1.165) is 6.07 Å². The first-order chi connectivity index (χ1) is 16.8. The van der Waals surface area contributed by atoms with E-state index in [1.165, 1.54) is 30.3 Å². The van der Waals surface area contributed by atoms with Crippen LogP contribution in [0.2, 0.25) is 5.28 Å². The molecule has 3 heterocycles. The molecule has 0 aliphatic carbocycles. The van der Waals surface area contributed by atoms with Gasteiger partial charge in [0.2, 0.25) is 5.28 Å². The number of rotatable bonds is 8. The number of benzene rings is 1. The first-order valence-corrected chi connectivity index (χ1v) is 11.0. The highest BCUT2D eigenvalue weighted by Crippen LogP contribution is 2.40. The molecule has 4 N–H and O–H groups in total. The van der Waals surface area contributed by atoms with Crippen LogP contribution in [0.5, 0.6) is 0 Å². The van der Waals surface area contributed by atoms with Crippen LogP contribution in [0, 0.1) is 5.82 Å². The molecule has 14 heteroatoms. The summed E-state index contributed by atoms with van der Waals surface area (Å²) in [4.78, 5) is 33.5. The van der Waals surface area contributed by atoms with Crippen molar-refractivity contribution in [2.45, 2.75) is 25.0 Å². The lowest BCUT2D eigenvalue weighted by Crippen LogP contribution is -2.37. The van der Waals surface area contributed by atoms with E-state index in [9.17, 15) is 14.7 Å². The summed E-state index contributed by atoms with van der Waals surface area (Å²) in [6, 6.07) is 1.54. The van der Waals surface area contributed by atoms with Gasteiger partial charge in [0.15, 0.2) is 5.82 Å². The summed E-state index contributed by atoms with van der Waals surface area (Å²) in [6.07, 6.45) is 1.90. The van der Waals surface area contributed by atoms with E-state index in [1.807, 2.05) is 0 Å². The zero-order chi connectivity index (χ0) is 25.1. The van der Waals surface area contributed by atoms with Crippen LogP contribution in [0.3, 0.4) is 0 Å². The van der Waals surface area contributed by atoms with Crippen molar-refractivity contribution in [3.8, 4) is 0 Å². The number of carbonyl (C=O) groups is 2. The van der Waals surface area contributed by atoms with Gasteiger partial charge in [-0.25, -0.2) is 19.2 Å². The number of aromatic nitrogens is 4. The molecule has 4 rings (SSSR count). The van der Waals surface area contributed by atoms with E-state index in [4.69, 9.17) is 21.4 Å². The third-order valence-electron chi connectivity index (χ3n) is 5.70. The van der Waals surface area contributed by atoms with Crippen molar-refractivity contribution in [1.29, 1.82) is 0 Å². The first kappa shape index (κ1) is 24.6. The maximum absolute atomic E-state index is 15.3. The largest absolute Gasteiger partial charge is 0.465 e. The van der Waals surface area contributed by atoms with Crippen LogP contribution in [0.25, 0.3) is 10.9 Å². The van der Waals surface area contributed by atoms with Gasteiger partial charge >= 0.3 is 6.09 Å². The van der Waals surface area contributed by atoms with Crippen molar-refractivity contribution in [2.75, 3.05) is 37.1 Å². The summed E-state index contributed by atoms with van der Waals surface area (Å²) in [5.41, 5.74) is 0.659. The van der Waals surface area contributed by atoms with Crippen molar-refractivity contribution in [3.05, 3.63) is 41.3 Å². The molecule has 1 aliphatic rings. The Bertz CT molecular complexity index is 1260. The first-order valence-electron chi connectivity index (χ1n) is 10.7. The molecule has 2 aromatic heterocycles. The van der Waals surface area contributed by atoms with Gasteiger partial charge in [-0.2, -0.15) is 5.10 Å². The Morgan fingerprint density at radius 2 is 2.20 bits per heavy atom. The summed E-state index contributed by atoms with van der Waals surface area (Å²) in [5, 5.41) is 28.8. The highest BCUT2D eigenvalue weighted by molar-refractivity contribution is 6.28. The van der Waals surface area contributed by atoms with Crippen LogP contribution in [0.15, 0.2) is 24.5 Å². The number of nitrogens with zero attached hydrogens (tertiary/aromatic N) is 5. The van der Waals surface area contributed by atoms with Crippen LogP contribution in [-0.4, -0.2) is 80.9 Å². The number of amides is 2. The molecule has 12 nitrogen and oxygen atoms in total. The Hall–Kier alpha value is -3.55. The minimum absolute atomic E-state index is 0.0298. The van der Waals surface area contributed by atoms with Gasteiger partial charge in [-0.15, -0.1) is 0 Å². The normalized spacial score (nSPS) is 17.7. The van der Waals surface area contributed by atoms with E-state index < -0.39 is 29.9 Å².